The zero-order chi connectivity index (χ0) is 21.3. The minimum Gasteiger partial charge on any atom is -0.348 e. The first-order valence-corrected chi connectivity index (χ1v) is 9.78. The fourth-order valence-electron chi connectivity index (χ4n) is 3.44. The highest BCUT2D eigenvalue weighted by molar-refractivity contribution is 5.96. The van der Waals surface area contributed by atoms with E-state index in [2.05, 4.69) is 15.3 Å². The van der Waals surface area contributed by atoms with E-state index in [1.165, 1.54) is 10.5 Å². The zero-order valence-corrected chi connectivity index (χ0v) is 16.8. The van der Waals surface area contributed by atoms with Crippen LogP contribution in [-0.4, -0.2) is 24.8 Å². The second-order valence-electron chi connectivity index (χ2n) is 7.19. The van der Waals surface area contributed by atoms with Crippen molar-refractivity contribution in [2.45, 2.75) is 33.4 Å². The van der Waals surface area contributed by atoms with Crippen LogP contribution in [0, 0.1) is 12.3 Å². The Morgan fingerprint density at radius 3 is 2.83 bits per heavy atom. The second-order valence-corrected chi connectivity index (χ2v) is 7.19. The summed E-state index contributed by atoms with van der Waals surface area (Å²) in [5, 5.41) is 11.7. The number of nitrogens with one attached hydrogen (secondary N) is 2. The van der Waals surface area contributed by atoms with Gasteiger partial charge in [0.15, 0.2) is 0 Å². The lowest BCUT2D eigenvalue weighted by molar-refractivity contribution is 0.0948. The van der Waals surface area contributed by atoms with E-state index < -0.39 is 5.91 Å². The zero-order valence-electron chi connectivity index (χ0n) is 16.8. The molecule has 4 aromatic rings. The molecule has 30 heavy (non-hydrogen) atoms. The quantitative estimate of drug-likeness (QED) is 0.499. The Morgan fingerprint density at radius 1 is 1.27 bits per heavy atom. The summed E-state index contributed by atoms with van der Waals surface area (Å²) in [5.41, 5.74) is 2.63. The van der Waals surface area contributed by atoms with Crippen LogP contribution in [0.3, 0.4) is 0 Å². The average Bonchev–Trinajstić information content (AvgIpc) is 2.75. The van der Waals surface area contributed by atoms with Crippen LogP contribution in [0.15, 0.2) is 53.7 Å². The molecule has 2 N–H and O–H groups in total. The van der Waals surface area contributed by atoms with Gasteiger partial charge < -0.3 is 9.88 Å². The molecule has 0 aliphatic carbocycles. The lowest BCUT2D eigenvalue weighted by Gasteiger charge is -2.14. The lowest BCUT2D eigenvalue weighted by Crippen LogP contribution is -2.34. The number of carbonyl (C=O) groups excluding carboxylic acids is 1. The molecule has 0 radical (unpaired) electrons. The van der Waals surface area contributed by atoms with E-state index in [1.807, 2.05) is 26.0 Å². The molecule has 8 heteroatoms. The normalized spacial score (nSPS) is 11.1. The summed E-state index contributed by atoms with van der Waals surface area (Å²) in [6.07, 6.45) is 5.80. The number of pyridine rings is 3. The molecule has 0 spiro atoms. The van der Waals surface area contributed by atoms with Crippen molar-refractivity contribution in [3.8, 4) is 0 Å². The Labute approximate surface area is 172 Å². The predicted octanol–water partition coefficient (Wildman–Crippen LogP) is 2.17. The van der Waals surface area contributed by atoms with Gasteiger partial charge in [-0.3, -0.25) is 24.4 Å². The van der Waals surface area contributed by atoms with Crippen molar-refractivity contribution in [3.63, 3.8) is 0 Å². The van der Waals surface area contributed by atoms with Gasteiger partial charge in [0, 0.05) is 31.7 Å². The van der Waals surface area contributed by atoms with Crippen molar-refractivity contribution in [1.29, 1.82) is 5.41 Å². The molecule has 0 unspecified atom stereocenters. The fourth-order valence-corrected chi connectivity index (χ4v) is 3.44. The summed E-state index contributed by atoms with van der Waals surface area (Å²) in [7, 11) is 0. The highest BCUT2D eigenvalue weighted by Gasteiger charge is 2.17. The van der Waals surface area contributed by atoms with E-state index in [0.29, 0.717) is 23.2 Å². The summed E-state index contributed by atoms with van der Waals surface area (Å²) in [6.45, 7) is 4.64. The van der Waals surface area contributed by atoms with Gasteiger partial charge in [-0.25, -0.2) is 4.98 Å². The molecule has 4 rings (SSSR count). The number of amides is 1. The number of carbonyl (C=O) groups is 1. The minimum atomic E-state index is -0.413. The Morgan fingerprint density at radius 2 is 2.10 bits per heavy atom. The van der Waals surface area contributed by atoms with Crippen molar-refractivity contribution < 1.29 is 4.79 Å². The number of rotatable bonds is 5. The van der Waals surface area contributed by atoms with E-state index in [1.54, 1.807) is 35.3 Å². The Hall–Kier alpha value is -3.81. The molecule has 0 bridgehead atoms. The van der Waals surface area contributed by atoms with Gasteiger partial charge in [-0.2, -0.15) is 0 Å². The Kier molecular flexibility index (Phi) is 5.14. The maximum absolute atomic E-state index is 13.2. The molecule has 0 fully saturated rings. The number of aromatic nitrogens is 4. The Bertz CT molecular complexity index is 1370. The van der Waals surface area contributed by atoms with Crippen molar-refractivity contribution in [2.24, 2.45) is 0 Å². The van der Waals surface area contributed by atoms with E-state index in [-0.39, 0.29) is 23.2 Å². The molecule has 1 amide bonds. The van der Waals surface area contributed by atoms with Crippen LogP contribution < -0.4 is 16.4 Å². The molecule has 8 nitrogen and oxygen atoms in total. The Balaban J connectivity index is 1.87. The summed E-state index contributed by atoms with van der Waals surface area (Å²) < 4.78 is 3.12. The standard InChI is InChI=1S/C22H22N6O2/c1-3-9-27-19(23)16(21(29)25-12-15-5-4-8-24-11-15)10-17-20(27)26-18-7-6-14(2)13-28(18)22(17)30/h4-8,10-11,13,23H,3,9,12H2,1-2H3,(H,25,29). The first kappa shape index (κ1) is 19.5. The number of hydrogen-bond donors (Lipinski definition) is 2. The number of nitrogens with zero attached hydrogens (tertiary/aromatic N) is 4. The van der Waals surface area contributed by atoms with Crippen molar-refractivity contribution in [2.75, 3.05) is 0 Å². The molecule has 0 atom stereocenters. The van der Waals surface area contributed by atoms with Crippen LogP contribution in [0.25, 0.3) is 16.7 Å². The summed E-state index contributed by atoms with van der Waals surface area (Å²) in [4.78, 5) is 34.7. The largest absolute Gasteiger partial charge is 0.348 e. The smallest absolute Gasteiger partial charge is 0.267 e. The van der Waals surface area contributed by atoms with E-state index in [0.717, 1.165) is 17.5 Å². The molecule has 0 aliphatic heterocycles. The molecule has 0 saturated heterocycles. The van der Waals surface area contributed by atoms with Crippen LogP contribution in [-0.2, 0) is 13.1 Å². The van der Waals surface area contributed by atoms with E-state index in [4.69, 9.17) is 5.41 Å². The molecular formula is C22H22N6O2. The van der Waals surface area contributed by atoms with Crippen LogP contribution in [0.5, 0.6) is 0 Å². The highest BCUT2D eigenvalue weighted by atomic mass is 16.1. The first-order valence-electron chi connectivity index (χ1n) is 9.78. The van der Waals surface area contributed by atoms with Gasteiger partial charge in [0.1, 0.15) is 16.8 Å². The van der Waals surface area contributed by atoms with Gasteiger partial charge >= 0.3 is 0 Å². The summed E-state index contributed by atoms with van der Waals surface area (Å²) >= 11 is 0. The third-order valence-electron chi connectivity index (χ3n) is 4.92. The van der Waals surface area contributed by atoms with Gasteiger partial charge in [-0.05, 0) is 42.7 Å². The van der Waals surface area contributed by atoms with Crippen LogP contribution >= 0.6 is 0 Å². The van der Waals surface area contributed by atoms with Gasteiger partial charge in [0.25, 0.3) is 11.5 Å². The maximum atomic E-state index is 13.2. The third-order valence-corrected chi connectivity index (χ3v) is 4.92. The van der Waals surface area contributed by atoms with E-state index >= 15 is 0 Å². The molecule has 4 aromatic heterocycles. The van der Waals surface area contributed by atoms with Crippen molar-refractivity contribution in [1.82, 2.24) is 24.3 Å². The monoisotopic (exact) mass is 402 g/mol. The number of fused-ring (bicyclic) bond motifs is 2. The predicted molar refractivity (Wildman–Crippen MR) is 113 cm³/mol. The van der Waals surface area contributed by atoms with E-state index in [9.17, 15) is 9.59 Å². The lowest BCUT2D eigenvalue weighted by atomic mass is 10.2. The molecule has 152 valence electrons. The topological polar surface area (TPSA) is 105 Å². The SMILES string of the molecule is CCCn1c(=N)c(C(=O)NCc2cccnc2)cc2c(=O)n3cc(C)ccc3nc21. The van der Waals surface area contributed by atoms with Gasteiger partial charge in [-0.1, -0.05) is 19.1 Å². The van der Waals surface area contributed by atoms with Gasteiger partial charge in [0.05, 0.1) is 10.9 Å². The summed E-state index contributed by atoms with van der Waals surface area (Å²) in [5.74, 6) is -0.413. The van der Waals surface area contributed by atoms with Gasteiger partial charge in [-0.15, -0.1) is 0 Å². The molecule has 0 saturated carbocycles. The second kappa shape index (κ2) is 7.90. The molecule has 4 heterocycles. The third kappa shape index (κ3) is 3.47. The highest BCUT2D eigenvalue weighted by Crippen LogP contribution is 2.12. The fraction of sp³-hybridized carbons (Fsp3) is 0.227. The minimum absolute atomic E-state index is 0.0383. The molecule has 0 aliphatic rings. The van der Waals surface area contributed by atoms with Crippen LogP contribution in [0.2, 0.25) is 0 Å². The summed E-state index contributed by atoms with van der Waals surface area (Å²) in [6, 6.07) is 8.80. The number of hydrogen-bond acceptors (Lipinski definition) is 5. The van der Waals surface area contributed by atoms with Crippen molar-refractivity contribution >= 4 is 22.6 Å². The number of aryl methyl sites for hydroxylation is 2. The van der Waals surface area contributed by atoms with Crippen LogP contribution in [0.1, 0.15) is 34.8 Å². The van der Waals surface area contributed by atoms with Crippen LogP contribution in [0.4, 0.5) is 0 Å². The van der Waals surface area contributed by atoms with Crippen molar-refractivity contribution in [3.05, 3.63) is 81.5 Å². The maximum Gasteiger partial charge on any atom is 0.267 e. The molecule has 0 aromatic carbocycles. The first-order chi connectivity index (χ1) is 14.5. The average molecular weight is 402 g/mol. The van der Waals surface area contributed by atoms with Gasteiger partial charge in [0.2, 0.25) is 0 Å². The molecular weight excluding hydrogens is 380 g/mol.